The molecule has 0 aliphatic heterocycles. The molecule has 2 aromatic rings. The predicted octanol–water partition coefficient (Wildman–Crippen LogP) is 3.62. The van der Waals surface area contributed by atoms with Crippen LogP contribution in [0.5, 0.6) is 0 Å². The van der Waals surface area contributed by atoms with E-state index in [4.69, 9.17) is 11.6 Å². The van der Waals surface area contributed by atoms with E-state index in [2.05, 4.69) is 17.3 Å². The average Bonchev–Trinajstić information content (AvgIpc) is 2.67. The first-order chi connectivity index (χ1) is 9.43. The fourth-order valence-corrected chi connectivity index (χ4v) is 2.61. The minimum atomic E-state index is -0.298. The highest BCUT2D eigenvalue weighted by atomic mass is 35.5. The maximum atomic E-state index is 13.9. The van der Waals surface area contributed by atoms with Gasteiger partial charge in [-0.25, -0.2) is 4.39 Å². The van der Waals surface area contributed by atoms with Crippen molar-refractivity contribution in [2.75, 3.05) is 7.05 Å². The van der Waals surface area contributed by atoms with Crippen molar-refractivity contribution in [1.29, 1.82) is 0 Å². The van der Waals surface area contributed by atoms with E-state index >= 15 is 0 Å². The molecule has 5 heteroatoms. The lowest BCUT2D eigenvalue weighted by Crippen LogP contribution is -2.14. The van der Waals surface area contributed by atoms with Crippen LogP contribution in [-0.2, 0) is 6.54 Å². The highest BCUT2D eigenvalue weighted by molar-refractivity contribution is 6.30. The van der Waals surface area contributed by atoms with Crippen LogP contribution in [0.3, 0.4) is 0 Å². The van der Waals surface area contributed by atoms with Crippen LogP contribution >= 0.6 is 11.6 Å². The molecule has 0 aliphatic rings. The molecular formula is C15H19ClFN3. The molecule has 1 aromatic carbocycles. The van der Waals surface area contributed by atoms with Crippen molar-refractivity contribution in [3.63, 3.8) is 0 Å². The Kier molecular flexibility index (Phi) is 4.45. The third-order valence-corrected chi connectivity index (χ3v) is 3.87. The zero-order chi connectivity index (χ0) is 14.9. The van der Waals surface area contributed by atoms with Crippen LogP contribution < -0.4 is 5.32 Å². The molecule has 1 unspecified atom stereocenters. The van der Waals surface area contributed by atoms with Gasteiger partial charge in [-0.2, -0.15) is 5.10 Å². The highest BCUT2D eigenvalue weighted by Crippen LogP contribution is 2.22. The van der Waals surface area contributed by atoms with Crippen molar-refractivity contribution < 1.29 is 4.39 Å². The third kappa shape index (κ3) is 2.86. The van der Waals surface area contributed by atoms with Crippen molar-refractivity contribution in [2.24, 2.45) is 0 Å². The van der Waals surface area contributed by atoms with Crippen molar-refractivity contribution >= 4 is 11.6 Å². The van der Waals surface area contributed by atoms with Crippen LogP contribution in [0.4, 0.5) is 4.39 Å². The van der Waals surface area contributed by atoms with Gasteiger partial charge in [-0.3, -0.25) is 4.68 Å². The van der Waals surface area contributed by atoms with Gasteiger partial charge < -0.3 is 5.32 Å². The minimum Gasteiger partial charge on any atom is -0.313 e. The molecule has 1 N–H and O–H groups in total. The van der Waals surface area contributed by atoms with Crippen LogP contribution in [0.25, 0.3) is 0 Å². The molecule has 1 aromatic heterocycles. The summed E-state index contributed by atoms with van der Waals surface area (Å²) < 4.78 is 15.7. The van der Waals surface area contributed by atoms with Crippen LogP contribution in [0.2, 0.25) is 5.02 Å². The number of aryl methyl sites for hydroxylation is 1. The standard InChI is InChI=1S/C15H19ClFN3/c1-9(18-4)15-10(2)19-20(11(15)3)8-12-5-6-13(16)7-14(12)17/h5-7,9,18H,8H2,1-4H3. The summed E-state index contributed by atoms with van der Waals surface area (Å²) in [6.45, 7) is 6.48. The van der Waals surface area contributed by atoms with Gasteiger partial charge in [-0.1, -0.05) is 17.7 Å². The van der Waals surface area contributed by atoms with E-state index in [1.807, 2.05) is 25.6 Å². The number of hydrogen-bond donors (Lipinski definition) is 1. The summed E-state index contributed by atoms with van der Waals surface area (Å²) in [5, 5.41) is 8.14. The Bertz CT molecular complexity index is 622. The SMILES string of the molecule is CNC(C)c1c(C)nn(Cc2ccc(Cl)cc2F)c1C. The van der Waals surface area contributed by atoms with E-state index in [0.29, 0.717) is 17.1 Å². The number of rotatable bonds is 4. The molecule has 0 amide bonds. The maximum absolute atomic E-state index is 13.9. The van der Waals surface area contributed by atoms with Gasteiger partial charge in [0.25, 0.3) is 0 Å². The molecule has 2 rings (SSSR count). The molecule has 0 saturated carbocycles. The summed E-state index contributed by atoms with van der Waals surface area (Å²) in [5.41, 5.74) is 3.78. The molecule has 20 heavy (non-hydrogen) atoms. The second kappa shape index (κ2) is 5.94. The first-order valence-electron chi connectivity index (χ1n) is 6.59. The summed E-state index contributed by atoms with van der Waals surface area (Å²) >= 11 is 5.77. The van der Waals surface area contributed by atoms with Gasteiger partial charge >= 0.3 is 0 Å². The highest BCUT2D eigenvalue weighted by Gasteiger charge is 2.17. The fraction of sp³-hybridized carbons (Fsp3) is 0.400. The van der Waals surface area contributed by atoms with Gasteiger partial charge in [-0.15, -0.1) is 0 Å². The van der Waals surface area contributed by atoms with Gasteiger partial charge in [0.1, 0.15) is 5.82 Å². The molecule has 0 saturated heterocycles. The summed E-state index contributed by atoms with van der Waals surface area (Å²) in [7, 11) is 1.92. The number of benzene rings is 1. The molecule has 108 valence electrons. The Labute approximate surface area is 123 Å². The Balaban J connectivity index is 2.35. The number of nitrogens with one attached hydrogen (secondary N) is 1. The second-order valence-electron chi connectivity index (χ2n) is 4.99. The molecule has 0 bridgehead atoms. The number of halogens is 2. The van der Waals surface area contributed by atoms with E-state index in [1.165, 1.54) is 11.6 Å². The molecule has 0 fully saturated rings. The van der Waals surface area contributed by atoms with Gasteiger partial charge in [0.05, 0.1) is 12.2 Å². The first kappa shape index (κ1) is 15.0. The van der Waals surface area contributed by atoms with Gasteiger partial charge in [-0.05, 0) is 40.0 Å². The summed E-state index contributed by atoms with van der Waals surface area (Å²) in [5.74, 6) is -0.298. The number of hydrogen-bond acceptors (Lipinski definition) is 2. The normalized spacial score (nSPS) is 12.7. The lowest BCUT2D eigenvalue weighted by atomic mass is 10.1. The average molecular weight is 296 g/mol. The number of aromatic nitrogens is 2. The van der Waals surface area contributed by atoms with Gasteiger partial charge in [0.2, 0.25) is 0 Å². The Morgan fingerprint density at radius 1 is 1.40 bits per heavy atom. The van der Waals surface area contributed by atoms with Crippen LogP contribution in [-0.4, -0.2) is 16.8 Å². The smallest absolute Gasteiger partial charge is 0.129 e. The molecule has 0 aliphatic carbocycles. The fourth-order valence-electron chi connectivity index (χ4n) is 2.45. The molecule has 0 spiro atoms. The molecular weight excluding hydrogens is 277 g/mol. The second-order valence-corrected chi connectivity index (χ2v) is 5.42. The van der Waals surface area contributed by atoms with Crippen LogP contribution in [0.15, 0.2) is 18.2 Å². The predicted molar refractivity (Wildman–Crippen MR) is 79.7 cm³/mol. The molecule has 3 nitrogen and oxygen atoms in total. The van der Waals surface area contributed by atoms with Crippen molar-refractivity contribution in [3.8, 4) is 0 Å². The lowest BCUT2D eigenvalue weighted by Gasteiger charge is -2.11. The largest absolute Gasteiger partial charge is 0.313 e. The Morgan fingerprint density at radius 3 is 2.70 bits per heavy atom. The maximum Gasteiger partial charge on any atom is 0.129 e. The van der Waals surface area contributed by atoms with E-state index in [9.17, 15) is 4.39 Å². The quantitative estimate of drug-likeness (QED) is 0.933. The van der Waals surface area contributed by atoms with Crippen LogP contribution in [0.1, 0.15) is 35.5 Å². The molecule has 1 atom stereocenters. The monoisotopic (exact) mass is 295 g/mol. The summed E-state index contributed by atoms with van der Waals surface area (Å²) in [4.78, 5) is 0. The molecule has 1 heterocycles. The van der Waals surface area contributed by atoms with Crippen molar-refractivity contribution in [1.82, 2.24) is 15.1 Å². The zero-order valence-corrected chi connectivity index (χ0v) is 12.9. The Hall–Kier alpha value is -1.39. The van der Waals surface area contributed by atoms with E-state index in [-0.39, 0.29) is 11.9 Å². The van der Waals surface area contributed by atoms with Crippen molar-refractivity contribution in [2.45, 2.75) is 33.4 Å². The van der Waals surface area contributed by atoms with E-state index in [0.717, 1.165) is 11.4 Å². The molecule has 0 radical (unpaired) electrons. The van der Waals surface area contributed by atoms with Gasteiger partial charge in [0, 0.05) is 27.9 Å². The lowest BCUT2D eigenvalue weighted by molar-refractivity contribution is 0.577. The van der Waals surface area contributed by atoms with Gasteiger partial charge in [0.15, 0.2) is 0 Å². The van der Waals surface area contributed by atoms with E-state index in [1.54, 1.807) is 12.1 Å². The first-order valence-corrected chi connectivity index (χ1v) is 6.97. The van der Waals surface area contributed by atoms with Crippen LogP contribution in [0, 0.1) is 19.7 Å². The van der Waals surface area contributed by atoms with E-state index < -0.39 is 0 Å². The minimum absolute atomic E-state index is 0.221. The Morgan fingerprint density at radius 2 is 2.10 bits per heavy atom. The van der Waals surface area contributed by atoms with Crippen molar-refractivity contribution in [3.05, 3.63) is 51.6 Å². The summed E-state index contributed by atoms with van der Waals surface area (Å²) in [6, 6.07) is 4.96. The summed E-state index contributed by atoms with van der Waals surface area (Å²) in [6.07, 6.45) is 0. The third-order valence-electron chi connectivity index (χ3n) is 3.64. The number of nitrogens with zero attached hydrogens (tertiary/aromatic N) is 2. The topological polar surface area (TPSA) is 29.9 Å². The zero-order valence-electron chi connectivity index (χ0n) is 12.2.